The van der Waals surface area contributed by atoms with Gasteiger partial charge in [-0.1, -0.05) is 67.1 Å². The molecule has 156 valence electrons. The molecule has 31 heavy (non-hydrogen) atoms. The summed E-state index contributed by atoms with van der Waals surface area (Å²) >= 11 is 0. The Balaban J connectivity index is 1.65. The van der Waals surface area contributed by atoms with Gasteiger partial charge in [-0.15, -0.1) is 0 Å². The zero-order valence-corrected chi connectivity index (χ0v) is 17.7. The number of nitrogens with one attached hydrogen (secondary N) is 1. The van der Waals surface area contributed by atoms with Gasteiger partial charge >= 0.3 is 0 Å². The van der Waals surface area contributed by atoms with Crippen molar-refractivity contribution in [3.8, 4) is 22.7 Å². The normalized spacial score (nSPS) is 11.7. The van der Waals surface area contributed by atoms with Gasteiger partial charge in [-0.2, -0.15) is 5.10 Å². The third-order valence-corrected chi connectivity index (χ3v) is 4.96. The molecule has 0 aliphatic heterocycles. The van der Waals surface area contributed by atoms with Gasteiger partial charge in [-0.05, 0) is 43.7 Å². The van der Waals surface area contributed by atoms with E-state index in [2.05, 4.69) is 11.4 Å². The molecule has 1 atom stereocenters. The number of ether oxygens (including phenoxy) is 1. The lowest BCUT2D eigenvalue weighted by atomic mass is 10.1. The van der Waals surface area contributed by atoms with Crippen LogP contribution >= 0.6 is 0 Å². The highest BCUT2D eigenvalue weighted by molar-refractivity contribution is 5.94. The summed E-state index contributed by atoms with van der Waals surface area (Å²) in [5.41, 5.74) is 3.81. The van der Waals surface area contributed by atoms with Crippen molar-refractivity contribution in [2.75, 3.05) is 5.32 Å². The number of para-hydroxylation sites is 2. The molecule has 5 nitrogen and oxygen atoms in total. The van der Waals surface area contributed by atoms with E-state index in [1.807, 2.05) is 98.8 Å². The van der Waals surface area contributed by atoms with E-state index < -0.39 is 6.10 Å². The van der Waals surface area contributed by atoms with E-state index >= 15 is 0 Å². The first-order valence-electron chi connectivity index (χ1n) is 10.4. The number of carbonyl (C=O) groups is 1. The standard InChI is InChI=1S/C26H25N3O2/c1-3-24(31-22-15-8-5-9-16-22)26(30)27-25-18-23(20-12-10-11-19(2)17-20)28-29(25)21-13-6-4-7-14-21/h4-18,24H,3H2,1-2H3,(H,27,30)/t24-/m1/s1. The van der Waals surface area contributed by atoms with E-state index in [0.29, 0.717) is 18.0 Å². The number of carbonyl (C=O) groups excluding carboxylic acids is 1. The molecular formula is C26H25N3O2. The quantitative estimate of drug-likeness (QED) is 0.428. The highest BCUT2D eigenvalue weighted by Gasteiger charge is 2.21. The maximum absolute atomic E-state index is 13.1. The second-order valence-electron chi connectivity index (χ2n) is 7.35. The molecule has 0 aliphatic carbocycles. The molecule has 0 spiro atoms. The van der Waals surface area contributed by atoms with E-state index in [0.717, 1.165) is 22.5 Å². The molecular weight excluding hydrogens is 386 g/mol. The van der Waals surface area contributed by atoms with E-state index in [-0.39, 0.29) is 5.91 Å². The molecule has 5 heteroatoms. The molecule has 4 rings (SSSR count). The highest BCUT2D eigenvalue weighted by atomic mass is 16.5. The van der Waals surface area contributed by atoms with Gasteiger partial charge in [-0.25, -0.2) is 4.68 Å². The van der Waals surface area contributed by atoms with Crippen molar-refractivity contribution in [3.63, 3.8) is 0 Å². The minimum Gasteiger partial charge on any atom is -0.481 e. The molecule has 0 saturated heterocycles. The van der Waals surface area contributed by atoms with Gasteiger partial charge in [0, 0.05) is 11.6 Å². The van der Waals surface area contributed by atoms with Crippen LogP contribution in [0.15, 0.2) is 91.0 Å². The van der Waals surface area contributed by atoms with Crippen molar-refractivity contribution >= 4 is 11.7 Å². The Morgan fingerprint density at radius 3 is 2.35 bits per heavy atom. The van der Waals surface area contributed by atoms with E-state index in [1.54, 1.807) is 4.68 Å². The third kappa shape index (κ3) is 4.83. The molecule has 1 N–H and O–H groups in total. The maximum Gasteiger partial charge on any atom is 0.266 e. The van der Waals surface area contributed by atoms with Crippen LogP contribution in [0.25, 0.3) is 16.9 Å². The van der Waals surface area contributed by atoms with Crippen LogP contribution in [-0.2, 0) is 4.79 Å². The summed E-state index contributed by atoms with van der Waals surface area (Å²) in [7, 11) is 0. The molecule has 0 aliphatic rings. The van der Waals surface area contributed by atoms with Gasteiger partial charge in [-0.3, -0.25) is 4.79 Å². The molecule has 1 aromatic heterocycles. The number of hydrogen-bond donors (Lipinski definition) is 1. The predicted molar refractivity (Wildman–Crippen MR) is 124 cm³/mol. The van der Waals surface area contributed by atoms with Gasteiger partial charge < -0.3 is 10.1 Å². The molecule has 0 fully saturated rings. The van der Waals surface area contributed by atoms with E-state index in [4.69, 9.17) is 9.84 Å². The fraction of sp³-hybridized carbons (Fsp3) is 0.154. The van der Waals surface area contributed by atoms with Crippen LogP contribution in [-0.4, -0.2) is 21.8 Å². The first kappa shape index (κ1) is 20.4. The topological polar surface area (TPSA) is 56.1 Å². The summed E-state index contributed by atoms with van der Waals surface area (Å²) in [4.78, 5) is 13.1. The summed E-state index contributed by atoms with van der Waals surface area (Å²) in [6.45, 7) is 3.98. The van der Waals surface area contributed by atoms with Crippen LogP contribution in [0.1, 0.15) is 18.9 Å². The van der Waals surface area contributed by atoms with Gasteiger partial charge in [0.05, 0.1) is 11.4 Å². The average molecular weight is 412 g/mol. The Bertz CT molecular complexity index is 1150. The smallest absolute Gasteiger partial charge is 0.266 e. The zero-order valence-electron chi connectivity index (χ0n) is 17.7. The summed E-state index contributed by atoms with van der Waals surface area (Å²) in [6.07, 6.45) is -0.0609. The number of rotatable bonds is 7. The Kier molecular flexibility index (Phi) is 6.13. The first-order chi connectivity index (χ1) is 15.1. The maximum atomic E-state index is 13.1. The van der Waals surface area contributed by atoms with Gasteiger partial charge in [0.1, 0.15) is 11.6 Å². The number of aromatic nitrogens is 2. The van der Waals surface area contributed by atoms with Crippen LogP contribution in [0.2, 0.25) is 0 Å². The SMILES string of the molecule is CC[C@@H](Oc1ccccc1)C(=O)Nc1cc(-c2cccc(C)c2)nn1-c1ccccc1. The van der Waals surface area contributed by atoms with Crippen LogP contribution in [0.4, 0.5) is 5.82 Å². The Labute approximate surface area is 182 Å². The molecule has 1 heterocycles. The summed E-state index contributed by atoms with van der Waals surface area (Å²) in [5.74, 6) is 1.06. The van der Waals surface area contributed by atoms with Crippen molar-refractivity contribution in [3.05, 3.63) is 96.6 Å². The number of anilines is 1. The molecule has 4 aromatic rings. The molecule has 0 saturated carbocycles. The lowest BCUT2D eigenvalue weighted by Crippen LogP contribution is -2.33. The highest BCUT2D eigenvalue weighted by Crippen LogP contribution is 2.26. The Hall–Kier alpha value is -3.86. The van der Waals surface area contributed by atoms with Crippen molar-refractivity contribution in [1.29, 1.82) is 0 Å². The van der Waals surface area contributed by atoms with Crippen LogP contribution in [0, 0.1) is 6.92 Å². The number of amides is 1. The number of benzene rings is 3. The number of nitrogens with zero attached hydrogens (tertiary/aromatic N) is 2. The lowest BCUT2D eigenvalue weighted by Gasteiger charge is -2.17. The molecule has 0 bridgehead atoms. The largest absolute Gasteiger partial charge is 0.481 e. The van der Waals surface area contributed by atoms with E-state index in [1.165, 1.54) is 0 Å². The second kappa shape index (κ2) is 9.30. The fourth-order valence-corrected chi connectivity index (χ4v) is 3.37. The monoisotopic (exact) mass is 411 g/mol. The van der Waals surface area contributed by atoms with Crippen LogP contribution in [0.3, 0.4) is 0 Å². The molecule has 0 radical (unpaired) electrons. The van der Waals surface area contributed by atoms with Crippen molar-refractivity contribution < 1.29 is 9.53 Å². The molecule has 3 aromatic carbocycles. The molecule has 1 amide bonds. The van der Waals surface area contributed by atoms with Gasteiger partial charge in [0.15, 0.2) is 6.10 Å². The Morgan fingerprint density at radius 1 is 0.968 bits per heavy atom. The minimum absolute atomic E-state index is 0.209. The first-order valence-corrected chi connectivity index (χ1v) is 10.4. The third-order valence-electron chi connectivity index (χ3n) is 4.96. The minimum atomic E-state index is -0.607. The lowest BCUT2D eigenvalue weighted by molar-refractivity contribution is -0.122. The second-order valence-corrected chi connectivity index (χ2v) is 7.35. The fourth-order valence-electron chi connectivity index (χ4n) is 3.37. The molecule has 0 unspecified atom stereocenters. The van der Waals surface area contributed by atoms with Crippen molar-refractivity contribution in [2.24, 2.45) is 0 Å². The van der Waals surface area contributed by atoms with Crippen LogP contribution in [0.5, 0.6) is 5.75 Å². The summed E-state index contributed by atoms with van der Waals surface area (Å²) in [6, 6.07) is 29.2. The van der Waals surface area contributed by atoms with Crippen LogP contribution < -0.4 is 10.1 Å². The predicted octanol–water partition coefficient (Wildman–Crippen LogP) is 5.64. The Morgan fingerprint density at radius 2 is 1.68 bits per heavy atom. The summed E-state index contributed by atoms with van der Waals surface area (Å²) in [5, 5.41) is 7.80. The van der Waals surface area contributed by atoms with Gasteiger partial charge in [0.2, 0.25) is 0 Å². The van der Waals surface area contributed by atoms with E-state index in [9.17, 15) is 4.79 Å². The zero-order chi connectivity index (χ0) is 21.6. The average Bonchev–Trinajstić information content (AvgIpc) is 3.22. The number of hydrogen-bond acceptors (Lipinski definition) is 3. The van der Waals surface area contributed by atoms with Crippen molar-refractivity contribution in [1.82, 2.24) is 9.78 Å². The number of aryl methyl sites for hydroxylation is 1. The van der Waals surface area contributed by atoms with Gasteiger partial charge in [0.25, 0.3) is 5.91 Å². The summed E-state index contributed by atoms with van der Waals surface area (Å²) < 4.78 is 7.66. The van der Waals surface area contributed by atoms with Crippen molar-refractivity contribution in [2.45, 2.75) is 26.4 Å².